The number of fused-ring (bicyclic) bond motifs is 1. The van der Waals surface area contributed by atoms with E-state index in [0.717, 1.165) is 27.7 Å². The number of hydrogen-bond acceptors (Lipinski definition) is 3. The van der Waals surface area contributed by atoms with Gasteiger partial charge in [-0.3, -0.25) is 4.98 Å². The van der Waals surface area contributed by atoms with Gasteiger partial charge in [0, 0.05) is 23.5 Å². The van der Waals surface area contributed by atoms with E-state index in [-0.39, 0.29) is 0 Å². The van der Waals surface area contributed by atoms with Gasteiger partial charge in [-0.05, 0) is 35.9 Å². The van der Waals surface area contributed by atoms with Crippen LogP contribution in [0.1, 0.15) is 5.69 Å². The highest BCUT2D eigenvalue weighted by Gasteiger charge is 2.14. The molecular weight excluding hydrogens is 240 g/mol. The van der Waals surface area contributed by atoms with Crippen LogP contribution in [0, 0.1) is 11.8 Å². The number of aryl methyl sites for hydroxylation is 2. The van der Waals surface area contributed by atoms with Crippen LogP contribution in [-0.4, -0.2) is 10.1 Å². The molecule has 0 fully saturated rings. The summed E-state index contributed by atoms with van der Waals surface area (Å²) in [6.45, 7) is 1.92. The van der Waals surface area contributed by atoms with Gasteiger partial charge in [-0.25, -0.2) is 0 Å². The fourth-order valence-electron chi connectivity index (χ4n) is 2.25. The minimum absolute atomic E-state index is 0.442. The van der Waals surface area contributed by atoms with Crippen LogP contribution < -0.4 is 4.68 Å². The number of H-pyrrole nitrogens is 1. The lowest BCUT2D eigenvalue weighted by Gasteiger charge is -2.04. The van der Waals surface area contributed by atoms with E-state index < -0.39 is 0 Å². The summed E-state index contributed by atoms with van der Waals surface area (Å²) < 4.78 is 1.90. The van der Waals surface area contributed by atoms with Crippen molar-refractivity contribution in [3.8, 4) is 11.1 Å². The van der Waals surface area contributed by atoms with Crippen LogP contribution in [0.5, 0.6) is 0 Å². The van der Waals surface area contributed by atoms with Crippen LogP contribution in [0.25, 0.3) is 22.0 Å². The second kappa shape index (κ2) is 4.28. The first kappa shape index (κ1) is 11.5. The van der Waals surface area contributed by atoms with Gasteiger partial charge in [0.1, 0.15) is 5.69 Å². The number of nitrogens with zero attached hydrogens (tertiary/aromatic N) is 3. The maximum atomic E-state index is 11.1. The van der Waals surface area contributed by atoms with Crippen molar-refractivity contribution >= 4 is 16.6 Å². The van der Waals surface area contributed by atoms with E-state index in [0.29, 0.717) is 5.69 Å². The number of benzene rings is 1. The third-order valence-electron chi connectivity index (χ3n) is 3.23. The maximum absolute atomic E-state index is 11.1. The number of pyridine rings is 1. The Kier molecular flexibility index (Phi) is 2.59. The summed E-state index contributed by atoms with van der Waals surface area (Å²) >= 11 is 0. The van der Waals surface area contributed by atoms with Crippen molar-refractivity contribution in [3.05, 3.63) is 47.3 Å². The second-order valence-corrected chi connectivity index (χ2v) is 4.54. The minimum atomic E-state index is 0.442. The van der Waals surface area contributed by atoms with Crippen molar-refractivity contribution in [2.45, 2.75) is 6.92 Å². The summed E-state index contributed by atoms with van der Waals surface area (Å²) in [6.07, 6.45) is 3.59. The summed E-state index contributed by atoms with van der Waals surface area (Å²) in [7, 11) is 1.93. The molecule has 0 aliphatic rings. The zero-order chi connectivity index (χ0) is 13.4. The molecule has 2 heterocycles. The van der Waals surface area contributed by atoms with E-state index in [2.05, 4.69) is 15.3 Å². The molecule has 0 saturated carbocycles. The summed E-state index contributed by atoms with van der Waals surface area (Å²) in [6, 6.07) is 7.60. The molecule has 3 rings (SSSR count). The summed E-state index contributed by atoms with van der Waals surface area (Å²) in [5.74, 6) is 0. The van der Waals surface area contributed by atoms with E-state index in [9.17, 15) is 4.91 Å². The largest absolute Gasteiger partial charge is 0.262 e. The average Bonchev–Trinajstić information content (AvgIpc) is 2.78. The first-order valence-corrected chi connectivity index (χ1v) is 5.96. The third kappa shape index (κ3) is 1.89. The van der Waals surface area contributed by atoms with E-state index in [1.165, 1.54) is 0 Å². The Bertz CT molecular complexity index is 776. The highest BCUT2D eigenvalue weighted by molar-refractivity contribution is 5.89. The number of rotatable bonds is 2. The first-order valence-electron chi connectivity index (χ1n) is 5.96. The Balaban J connectivity index is 2.32. The van der Waals surface area contributed by atoms with Crippen molar-refractivity contribution in [1.29, 1.82) is 0 Å². The molecule has 94 valence electrons. The zero-order valence-electron chi connectivity index (χ0n) is 10.7. The van der Waals surface area contributed by atoms with Gasteiger partial charge < -0.3 is 0 Å². The van der Waals surface area contributed by atoms with Crippen LogP contribution in [0.3, 0.4) is 0 Å². The van der Waals surface area contributed by atoms with Crippen LogP contribution >= 0.6 is 0 Å². The highest BCUT2D eigenvalue weighted by Crippen LogP contribution is 2.33. The van der Waals surface area contributed by atoms with E-state index in [1.54, 1.807) is 12.3 Å². The van der Waals surface area contributed by atoms with Crippen LogP contribution in [0.4, 0.5) is 5.69 Å². The number of nitrogens with one attached hydrogen (secondary N) is 1. The molecule has 0 aliphatic heterocycles. The van der Waals surface area contributed by atoms with E-state index in [1.807, 2.05) is 43.0 Å². The van der Waals surface area contributed by atoms with Gasteiger partial charge in [0.25, 0.3) is 0 Å². The van der Waals surface area contributed by atoms with Gasteiger partial charge in [0.05, 0.1) is 11.6 Å². The predicted molar refractivity (Wildman–Crippen MR) is 72.9 cm³/mol. The Morgan fingerprint density at radius 2 is 2.16 bits per heavy atom. The van der Waals surface area contributed by atoms with Gasteiger partial charge in [0.15, 0.2) is 7.05 Å². The Morgan fingerprint density at radius 1 is 1.32 bits per heavy atom. The lowest BCUT2D eigenvalue weighted by atomic mass is 10.0. The maximum Gasteiger partial charge on any atom is 0.238 e. The lowest BCUT2D eigenvalue weighted by molar-refractivity contribution is -0.702. The van der Waals surface area contributed by atoms with Gasteiger partial charge >= 0.3 is 0 Å². The van der Waals surface area contributed by atoms with E-state index in [4.69, 9.17) is 0 Å². The normalized spacial score (nSPS) is 10.8. The average molecular weight is 253 g/mol. The first-order chi connectivity index (χ1) is 9.19. The Hall–Kier alpha value is -2.56. The number of aromatic amines is 1. The molecule has 19 heavy (non-hydrogen) atoms. The van der Waals surface area contributed by atoms with Gasteiger partial charge in [-0.2, -0.15) is 5.10 Å². The minimum Gasteiger partial charge on any atom is -0.262 e. The number of aromatic nitrogens is 3. The fraction of sp³-hybridized carbons (Fsp3) is 0.143. The molecule has 3 aromatic rings. The molecule has 0 radical (unpaired) electrons. The molecule has 0 spiro atoms. The fourth-order valence-corrected chi connectivity index (χ4v) is 2.25. The van der Waals surface area contributed by atoms with Crippen LogP contribution in [0.2, 0.25) is 0 Å². The second-order valence-electron chi connectivity index (χ2n) is 4.54. The summed E-state index contributed by atoms with van der Waals surface area (Å²) in [4.78, 5) is 15.2. The molecule has 0 saturated heterocycles. The van der Waals surface area contributed by atoms with Gasteiger partial charge in [-0.1, -0.05) is 0 Å². The van der Waals surface area contributed by atoms with E-state index >= 15 is 0 Å². The quantitative estimate of drug-likeness (QED) is 0.564. The Morgan fingerprint density at radius 3 is 2.89 bits per heavy atom. The van der Waals surface area contributed by atoms with Crippen LogP contribution in [0.15, 0.2) is 41.8 Å². The molecule has 0 amide bonds. The molecule has 1 N–H and O–H groups in total. The molecular formula is C14H13N4O+. The third-order valence-corrected chi connectivity index (χ3v) is 3.23. The standard InChI is InChI=1S/C14H12N4O/c1-9-5-10(3-4-15-9)12-7-14-11(6-13(12)17-19)8-16-18(14)2/h3-8H,1-2H3/p+1. The monoisotopic (exact) mass is 253 g/mol. The van der Waals surface area contributed by atoms with Gasteiger partial charge in [-0.15, -0.1) is 9.59 Å². The highest BCUT2D eigenvalue weighted by atomic mass is 16.3. The number of hydrogen-bond donors (Lipinski definition) is 1. The lowest BCUT2D eigenvalue weighted by Crippen LogP contribution is -2.29. The molecule has 0 aliphatic carbocycles. The summed E-state index contributed by atoms with van der Waals surface area (Å²) in [5, 5.41) is 7.19. The predicted octanol–water partition coefficient (Wildman–Crippen LogP) is 2.76. The van der Waals surface area contributed by atoms with Crippen molar-refractivity contribution in [2.24, 2.45) is 12.2 Å². The molecule has 2 aromatic heterocycles. The molecule has 0 unspecified atom stereocenters. The van der Waals surface area contributed by atoms with Crippen molar-refractivity contribution in [1.82, 2.24) is 10.1 Å². The smallest absolute Gasteiger partial charge is 0.238 e. The Labute approximate surface area is 109 Å². The molecule has 0 bridgehead atoms. The van der Waals surface area contributed by atoms with Crippen molar-refractivity contribution < 1.29 is 4.68 Å². The molecule has 0 atom stereocenters. The molecule has 1 aromatic carbocycles. The van der Waals surface area contributed by atoms with Crippen molar-refractivity contribution in [2.75, 3.05) is 0 Å². The molecule has 5 nitrogen and oxygen atoms in total. The van der Waals surface area contributed by atoms with Crippen molar-refractivity contribution in [3.63, 3.8) is 0 Å². The summed E-state index contributed by atoms with van der Waals surface area (Å²) in [5.41, 5.74) is 4.15. The zero-order valence-corrected chi connectivity index (χ0v) is 10.7. The topological polar surface area (TPSA) is 62.0 Å². The van der Waals surface area contributed by atoms with Gasteiger partial charge in [0.2, 0.25) is 5.52 Å². The number of nitroso groups, excluding NO2 is 1. The van der Waals surface area contributed by atoms with Crippen LogP contribution in [-0.2, 0) is 7.05 Å². The molecule has 5 heteroatoms. The SMILES string of the molecule is Cc1cc(-c2cc3c(c[nH][n+]3C)cc2N=O)ccn1.